The average molecular weight is 478 g/mol. The lowest BCUT2D eigenvalue weighted by Crippen LogP contribution is -2.35. The van der Waals surface area contributed by atoms with Gasteiger partial charge >= 0.3 is 0 Å². The number of nitrogens with zero attached hydrogens (tertiary/aromatic N) is 1. The van der Waals surface area contributed by atoms with Crippen LogP contribution in [0.4, 0.5) is 0 Å². The maximum atomic E-state index is 6.02. The third-order valence-electron chi connectivity index (χ3n) is 5.70. The molecule has 1 fully saturated rings. The monoisotopic (exact) mass is 477 g/mol. The van der Waals surface area contributed by atoms with Gasteiger partial charge in [0.25, 0.3) is 0 Å². The Hall–Kier alpha value is -0.320. The second-order valence-corrected chi connectivity index (χ2v) is 8.50. The molecular weight excluding hydrogens is 426 g/mol. The molecule has 0 aromatic heterocycles. The number of ether oxygens (including phenoxy) is 7. The van der Waals surface area contributed by atoms with Crippen molar-refractivity contribution in [3.05, 3.63) is 0 Å². The Kier molecular flexibility index (Phi) is 21.8. The van der Waals surface area contributed by atoms with Crippen LogP contribution in [0.3, 0.4) is 0 Å². The molecule has 1 heterocycles. The maximum Gasteiger partial charge on any atom is 0.107 e. The van der Waals surface area contributed by atoms with E-state index in [-0.39, 0.29) is 12.2 Å². The van der Waals surface area contributed by atoms with Gasteiger partial charge in [0.2, 0.25) is 0 Å². The highest BCUT2D eigenvalue weighted by Crippen LogP contribution is 2.07. The van der Waals surface area contributed by atoms with Gasteiger partial charge in [-0.05, 0) is 13.3 Å². The summed E-state index contributed by atoms with van der Waals surface area (Å²) in [6.07, 6.45) is 7.44. The molecule has 2 atom stereocenters. The highest BCUT2D eigenvalue weighted by Gasteiger charge is 2.19. The summed E-state index contributed by atoms with van der Waals surface area (Å²) in [6, 6.07) is 0. The van der Waals surface area contributed by atoms with Gasteiger partial charge in [-0.15, -0.1) is 0 Å². The molecule has 0 saturated carbocycles. The highest BCUT2D eigenvalue weighted by atomic mass is 16.6. The fourth-order valence-electron chi connectivity index (χ4n) is 3.53. The molecule has 8 heteroatoms. The zero-order valence-corrected chi connectivity index (χ0v) is 21.6. The zero-order valence-electron chi connectivity index (χ0n) is 21.6. The van der Waals surface area contributed by atoms with Gasteiger partial charge in [0.15, 0.2) is 0 Å². The number of methoxy groups -OCH3 is 1. The van der Waals surface area contributed by atoms with Crippen molar-refractivity contribution in [1.82, 2.24) is 4.90 Å². The van der Waals surface area contributed by atoms with Crippen LogP contribution in [0.5, 0.6) is 0 Å². The smallest absolute Gasteiger partial charge is 0.107 e. The molecule has 0 aromatic carbocycles. The van der Waals surface area contributed by atoms with Crippen molar-refractivity contribution in [2.45, 2.75) is 64.6 Å². The molecule has 1 aliphatic rings. The summed E-state index contributed by atoms with van der Waals surface area (Å²) in [7, 11) is 1.72. The zero-order chi connectivity index (χ0) is 23.8. The number of rotatable bonds is 15. The van der Waals surface area contributed by atoms with Crippen molar-refractivity contribution in [2.24, 2.45) is 0 Å². The topological polar surface area (TPSA) is 67.9 Å². The van der Waals surface area contributed by atoms with Crippen LogP contribution in [0.25, 0.3) is 0 Å². The minimum atomic E-state index is -0.143. The predicted molar refractivity (Wildman–Crippen MR) is 130 cm³/mol. The fourth-order valence-corrected chi connectivity index (χ4v) is 3.53. The van der Waals surface area contributed by atoms with E-state index in [9.17, 15) is 0 Å². The molecule has 1 saturated heterocycles. The lowest BCUT2D eigenvalue weighted by molar-refractivity contribution is -0.114. The van der Waals surface area contributed by atoms with Crippen LogP contribution in [0.15, 0.2) is 0 Å². The van der Waals surface area contributed by atoms with E-state index < -0.39 is 0 Å². The van der Waals surface area contributed by atoms with Crippen molar-refractivity contribution in [1.29, 1.82) is 0 Å². The van der Waals surface area contributed by atoms with Crippen molar-refractivity contribution in [3.63, 3.8) is 0 Å². The summed E-state index contributed by atoms with van der Waals surface area (Å²) >= 11 is 0. The van der Waals surface area contributed by atoms with E-state index in [1.165, 1.54) is 32.1 Å². The van der Waals surface area contributed by atoms with E-state index in [2.05, 4.69) is 11.8 Å². The Labute approximate surface area is 202 Å². The summed E-state index contributed by atoms with van der Waals surface area (Å²) in [5.41, 5.74) is 0. The molecule has 0 bridgehead atoms. The first-order chi connectivity index (χ1) is 16.3. The average Bonchev–Trinajstić information content (AvgIpc) is 2.83. The molecule has 1 aliphatic heterocycles. The molecule has 0 aliphatic carbocycles. The maximum absolute atomic E-state index is 6.02. The van der Waals surface area contributed by atoms with Crippen molar-refractivity contribution < 1.29 is 33.2 Å². The molecule has 1 rings (SSSR count). The van der Waals surface area contributed by atoms with Crippen LogP contribution in [-0.4, -0.2) is 117 Å². The van der Waals surface area contributed by atoms with Crippen LogP contribution in [0.1, 0.15) is 52.4 Å². The lowest BCUT2D eigenvalue weighted by Gasteiger charge is -2.24. The van der Waals surface area contributed by atoms with Crippen LogP contribution in [0.2, 0.25) is 0 Å². The summed E-state index contributed by atoms with van der Waals surface area (Å²) in [5, 5.41) is 0. The predicted octanol–water partition coefficient (Wildman–Crippen LogP) is 3.17. The second-order valence-electron chi connectivity index (χ2n) is 8.50. The van der Waals surface area contributed by atoms with Gasteiger partial charge in [0.05, 0.1) is 72.2 Å². The molecular formula is C25H51NO7. The van der Waals surface area contributed by atoms with Gasteiger partial charge in [0.1, 0.15) is 6.10 Å². The largest absolute Gasteiger partial charge is 0.383 e. The van der Waals surface area contributed by atoms with E-state index >= 15 is 0 Å². The third kappa shape index (κ3) is 18.7. The van der Waals surface area contributed by atoms with Crippen LogP contribution >= 0.6 is 0 Å². The van der Waals surface area contributed by atoms with Gasteiger partial charge < -0.3 is 33.2 Å². The Morgan fingerprint density at radius 2 is 1.39 bits per heavy atom. The first-order valence-electron chi connectivity index (χ1n) is 13.0. The molecule has 198 valence electrons. The third-order valence-corrected chi connectivity index (χ3v) is 5.70. The number of hydrogen-bond acceptors (Lipinski definition) is 8. The Bertz CT molecular complexity index is 403. The highest BCUT2D eigenvalue weighted by molar-refractivity contribution is 4.67. The Morgan fingerprint density at radius 1 is 0.727 bits per heavy atom. The molecule has 0 spiro atoms. The van der Waals surface area contributed by atoms with Crippen LogP contribution in [0, 0.1) is 0 Å². The normalized spacial score (nSPS) is 22.6. The molecule has 0 amide bonds. The SMILES string of the molecule is CCCCCCCCOCCOCC1OCCOCCN(CCOC)CCOCCOC1C. The van der Waals surface area contributed by atoms with Crippen molar-refractivity contribution in [3.8, 4) is 0 Å². The van der Waals surface area contributed by atoms with Crippen molar-refractivity contribution >= 4 is 0 Å². The minimum absolute atomic E-state index is 0.0824. The van der Waals surface area contributed by atoms with Gasteiger partial charge in [-0.3, -0.25) is 4.90 Å². The van der Waals surface area contributed by atoms with Gasteiger partial charge in [-0.2, -0.15) is 0 Å². The number of hydrogen-bond donors (Lipinski definition) is 0. The molecule has 2 unspecified atom stereocenters. The van der Waals surface area contributed by atoms with E-state index in [0.29, 0.717) is 66.1 Å². The summed E-state index contributed by atoms with van der Waals surface area (Å²) in [4.78, 5) is 2.29. The molecule has 33 heavy (non-hydrogen) atoms. The summed E-state index contributed by atoms with van der Waals surface area (Å²) < 4.78 is 40.2. The fraction of sp³-hybridized carbons (Fsp3) is 1.00. The Balaban J connectivity index is 2.21. The lowest BCUT2D eigenvalue weighted by atomic mass is 10.1. The molecule has 0 N–H and O–H groups in total. The van der Waals surface area contributed by atoms with Gasteiger partial charge in [0, 0.05) is 33.4 Å². The minimum Gasteiger partial charge on any atom is -0.383 e. The van der Waals surface area contributed by atoms with E-state index in [1.54, 1.807) is 7.11 Å². The van der Waals surface area contributed by atoms with Crippen LogP contribution in [-0.2, 0) is 33.2 Å². The van der Waals surface area contributed by atoms with E-state index in [1.807, 2.05) is 6.92 Å². The van der Waals surface area contributed by atoms with Crippen LogP contribution < -0.4 is 0 Å². The van der Waals surface area contributed by atoms with Gasteiger partial charge in [-0.25, -0.2) is 0 Å². The first kappa shape index (κ1) is 30.7. The number of unbranched alkanes of at least 4 members (excludes halogenated alkanes) is 5. The summed E-state index contributed by atoms with van der Waals surface area (Å²) in [5.74, 6) is 0. The van der Waals surface area contributed by atoms with Crippen molar-refractivity contribution in [2.75, 3.05) is 99.4 Å². The second kappa shape index (κ2) is 23.4. The summed E-state index contributed by atoms with van der Waals surface area (Å²) in [6.45, 7) is 13.5. The van der Waals surface area contributed by atoms with Gasteiger partial charge in [-0.1, -0.05) is 39.0 Å². The molecule has 8 nitrogen and oxygen atoms in total. The van der Waals surface area contributed by atoms with E-state index in [0.717, 1.165) is 32.7 Å². The van der Waals surface area contributed by atoms with E-state index in [4.69, 9.17) is 33.2 Å². The molecule has 0 aromatic rings. The first-order valence-corrected chi connectivity index (χ1v) is 13.0. The standard InChI is InChI=1S/C25H51NO7/c1-4-5-6-7-8-9-13-28-17-18-31-23-25-24(2)32-21-19-29-15-11-26(10-14-27-3)12-16-30-20-22-33-25/h24-25H,4-23H2,1-3H3. The molecule has 0 radical (unpaired) electrons. The quantitative estimate of drug-likeness (QED) is 0.333. The Morgan fingerprint density at radius 3 is 2.12 bits per heavy atom.